The predicted octanol–water partition coefficient (Wildman–Crippen LogP) is 2.75. The van der Waals surface area contributed by atoms with Gasteiger partial charge in [0.2, 0.25) is 5.91 Å². The molecule has 1 atom stereocenters. The number of hydrogen-bond donors (Lipinski definition) is 3. The van der Waals surface area contributed by atoms with Gasteiger partial charge in [-0.15, -0.1) is 0 Å². The highest BCUT2D eigenvalue weighted by Gasteiger charge is 2.31. The maximum atomic E-state index is 12.5. The van der Waals surface area contributed by atoms with Crippen LogP contribution < -0.4 is 24.3 Å². The number of methoxy groups -OCH3 is 4. The van der Waals surface area contributed by atoms with E-state index < -0.39 is 17.5 Å². The number of aliphatic carboxylic acids is 1. The van der Waals surface area contributed by atoms with Crippen LogP contribution in [0.4, 0.5) is 5.69 Å². The third kappa shape index (κ3) is 5.92. The first kappa shape index (κ1) is 24.5. The molecule has 1 unspecified atom stereocenters. The molecule has 2 aromatic carbocycles. The molecule has 0 heterocycles. The Balaban J connectivity index is 2.26. The van der Waals surface area contributed by atoms with Gasteiger partial charge in [-0.05, 0) is 36.8 Å². The van der Waals surface area contributed by atoms with Crippen molar-refractivity contribution in [1.82, 2.24) is 0 Å². The summed E-state index contributed by atoms with van der Waals surface area (Å²) in [5, 5.41) is 22.0. The molecule has 0 saturated carbocycles. The Morgan fingerprint density at radius 1 is 0.969 bits per heavy atom. The van der Waals surface area contributed by atoms with Gasteiger partial charge in [0.15, 0.2) is 5.60 Å². The van der Waals surface area contributed by atoms with Crippen LogP contribution in [0.15, 0.2) is 36.4 Å². The van der Waals surface area contributed by atoms with Crippen LogP contribution in [0.3, 0.4) is 0 Å². The summed E-state index contributed by atoms with van der Waals surface area (Å²) in [5.74, 6) is 0.0715. The van der Waals surface area contributed by atoms with E-state index in [0.717, 1.165) is 0 Å². The van der Waals surface area contributed by atoms with Crippen LogP contribution in [0.1, 0.15) is 18.1 Å². The van der Waals surface area contributed by atoms with Gasteiger partial charge in [-0.1, -0.05) is 0 Å². The van der Waals surface area contributed by atoms with Crippen molar-refractivity contribution >= 4 is 23.6 Å². The summed E-state index contributed by atoms with van der Waals surface area (Å²) >= 11 is 0. The van der Waals surface area contributed by atoms with E-state index in [9.17, 15) is 19.8 Å². The normalized spacial score (nSPS) is 12.7. The van der Waals surface area contributed by atoms with Crippen molar-refractivity contribution in [2.24, 2.45) is 0 Å². The Morgan fingerprint density at radius 2 is 1.56 bits per heavy atom. The smallest absolute Gasteiger partial charge is 0.335 e. The molecule has 0 aliphatic rings. The van der Waals surface area contributed by atoms with E-state index in [-0.39, 0.29) is 6.42 Å². The van der Waals surface area contributed by atoms with E-state index in [4.69, 9.17) is 18.9 Å². The number of carbonyl (C=O) groups is 2. The fourth-order valence-corrected chi connectivity index (χ4v) is 2.98. The van der Waals surface area contributed by atoms with Gasteiger partial charge in [0.05, 0.1) is 34.0 Å². The largest absolute Gasteiger partial charge is 0.496 e. The lowest BCUT2D eigenvalue weighted by Gasteiger charge is -2.20. The Morgan fingerprint density at radius 3 is 2.06 bits per heavy atom. The standard InChI is InChI=1S/C23H27NO8/c1-23(28,22(26)27)13-14-10-15(6-8-18(14)30-3)24-21(25)9-7-17-19(31-4)11-16(29-2)12-20(17)32-5/h6-12,28H,13H2,1-5H3,(H,24,25)(H,26,27)/b9-7+. The van der Waals surface area contributed by atoms with Crippen molar-refractivity contribution in [1.29, 1.82) is 0 Å². The highest BCUT2D eigenvalue weighted by Crippen LogP contribution is 2.35. The van der Waals surface area contributed by atoms with Crippen LogP contribution in [0.5, 0.6) is 23.0 Å². The topological polar surface area (TPSA) is 124 Å². The van der Waals surface area contributed by atoms with Crippen LogP contribution >= 0.6 is 0 Å². The minimum Gasteiger partial charge on any atom is -0.496 e. The Labute approximate surface area is 186 Å². The van der Waals surface area contributed by atoms with Gasteiger partial charge in [-0.3, -0.25) is 4.79 Å². The molecule has 32 heavy (non-hydrogen) atoms. The molecule has 0 bridgehead atoms. The summed E-state index contributed by atoms with van der Waals surface area (Å²) in [5.41, 5.74) is -0.596. The molecule has 0 aliphatic heterocycles. The van der Waals surface area contributed by atoms with Crippen molar-refractivity contribution in [2.75, 3.05) is 33.8 Å². The summed E-state index contributed by atoms with van der Waals surface area (Å²) in [6, 6.07) is 8.09. The van der Waals surface area contributed by atoms with Crippen LogP contribution in [-0.2, 0) is 16.0 Å². The van der Waals surface area contributed by atoms with E-state index in [1.165, 1.54) is 41.4 Å². The highest BCUT2D eigenvalue weighted by atomic mass is 16.5. The van der Waals surface area contributed by atoms with Crippen LogP contribution in [0.25, 0.3) is 6.08 Å². The Hall–Kier alpha value is -3.72. The maximum absolute atomic E-state index is 12.5. The van der Waals surface area contributed by atoms with Gasteiger partial charge in [-0.25, -0.2) is 4.79 Å². The summed E-state index contributed by atoms with van der Waals surface area (Å²) < 4.78 is 21.2. The van der Waals surface area contributed by atoms with Crippen LogP contribution in [0, 0.1) is 0 Å². The molecule has 2 aromatic rings. The van der Waals surface area contributed by atoms with Crippen LogP contribution in [-0.4, -0.2) is 56.1 Å². The molecule has 0 aromatic heterocycles. The maximum Gasteiger partial charge on any atom is 0.335 e. The van der Waals surface area contributed by atoms with E-state index in [1.54, 1.807) is 36.4 Å². The molecule has 3 N–H and O–H groups in total. The lowest BCUT2D eigenvalue weighted by molar-refractivity contribution is -0.156. The SMILES string of the molecule is COc1cc(OC)c(/C=C/C(=O)Nc2ccc(OC)c(CC(C)(O)C(=O)O)c2)c(OC)c1. The van der Waals surface area contributed by atoms with Crippen molar-refractivity contribution < 1.29 is 38.7 Å². The second-order valence-electron chi connectivity index (χ2n) is 7.05. The van der Waals surface area contributed by atoms with Crippen molar-refractivity contribution in [2.45, 2.75) is 18.9 Å². The number of ether oxygens (including phenoxy) is 4. The second-order valence-corrected chi connectivity index (χ2v) is 7.05. The third-order valence-corrected chi connectivity index (χ3v) is 4.70. The molecule has 0 radical (unpaired) electrons. The molecule has 2 rings (SSSR count). The number of anilines is 1. The first-order chi connectivity index (χ1) is 15.1. The van der Waals surface area contributed by atoms with Crippen molar-refractivity contribution in [3.8, 4) is 23.0 Å². The van der Waals surface area contributed by atoms with Gasteiger partial charge in [0.1, 0.15) is 23.0 Å². The van der Waals surface area contributed by atoms with Crippen molar-refractivity contribution in [3.05, 3.63) is 47.5 Å². The summed E-state index contributed by atoms with van der Waals surface area (Å²) in [6.45, 7) is 1.19. The number of carboxylic acid groups (broad SMARTS) is 1. The molecular formula is C23H27NO8. The molecule has 1 amide bonds. The zero-order valence-electron chi connectivity index (χ0n) is 18.6. The average molecular weight is 445 g/mol. The molecule has 9 heteroatoms. The minimum absolute atomic E-state index is 0.203. The van der Waals surface area contributed by atoms with Crippen LogP contribution in [0.2, 0.25) is 0 Å². The summed E-state index contributed by atoms with van der Waals surface area (Å²) in [6.07, 6.45) is 2.65. The van der Waals surface area contributed by atoms with E-state index >= 15 is 0 Å². The molecular weight excluding hydrogens is 418 g/mol. The highest BCUT2D eigenvalue weighted by molar-refractivity contribution is 6.02. The molecule has 0 aliphatic carbocycles. The monoisotopic (exact) mass is 445 g/mol. The van der Waals surface area contributed by atoms with Gasteiger partial charge in [0, 0.05) is 30.3 Å². The number of benzene rings is 2. The van der Waals surface area contributed by atoms with E-state index in [1.807, 2.05) is 0 Å². The second kappa shape index (κ2) is 10.5. The van der Waals surface area contributed by atoms with E-state index in [0.29, 0.717) is 39.8 Å². The zero-order valence-corrected chi connectivity index (χ0v) is 18.6. The molecule has 0 saturated heterocycles. The van der Waals surface area contributed by atoms with Gasteiger partial charge >= 0.3 is 5.97 Å². The first-order valence-electron chi connectivity index (χ1n) is 9.57. The summed E-state index contributed by atoms with van der Waals surface area (Å²) in [7, 11) is 5.95. The Kier molecular flexibility index (Phi) is 8.09. The van der Waals surface area contributed by atoms with Gasteiger partial charge in [-0.2, -0.15) is 0 Å². The van der Waals surface area contributed by atoms with E-state index in [2.05, 4.69) is 5.32 Å². The number of carbonyl (C=O) groups excluding carboxylic acids is 1. The molecule has 172 valence electrons. The first-order valence-corrected chi connectivity index (χ1v) is 9.57. The number of carboxylic acids is 1. The Bertz CT molecular complexity index is 988. The third-order valence-electron chi connectivity index (χ3n) is 4.70. The predicted molar refractivity (Wildman–Crippen MR) is 119 cm³/mol. The van der Waals surface area contributed by atoms with Gasteiger partial charge < -0.3 is 34.5 Å². The molecule has 0 spiro atoms. The molecule has 0 fully saturated rings. The fraction of sp³-hybridized carbons (Fsp3) is 0.304. The zero-order chi connectivity index (χ0) is 23.9. The summed E-state index contributed by atoms with van der Waals surface area (Å²) in [4.78, 5) is 23.7. The minimum atomic E-state index is -1.99. The number of amides is 1. The lowest BCUT2D eigenvalue weighted by Crippen LogP contribution is -2.37. The molecule has 9 nitrogen and oxygen atoms in total. The van der Waals surface area contributed by atoms with Gasteiger partial charge in [0.25, 0.3) is 0 Å². The number of rotatable bonds is 10. The van der Waals surface area contributed by atoms with Crippen molar-refractivity contribution in [3.63, 3.8) is 0 Å². The number of nitrogens with one attached hydrogen (secondary N) is 1. The quantitative estimate of drug-likeness (QED) is 0.477. The fourth-order valence-electron chi connectivity index (χ4n) is 2.98. The average Bonchev–Trinajstić information content (AvgIpc) is 2.76. The lowest BCUT2D eigenvalue weighted by atomic mass is 9.95. The number of hydrogen-bond acceptors (Lipinski definition) is 7. The number of aliphatic hydroxyl groups is 1.